The second-order valence-corrected chi connectivity index (χ2v) is 7.73. The summed E-state index contributed by atoms with van der Waals surface area (Å²) in [5.41, 5.74) is 3.86. The van der Waals surface area contributed by atoms with E-state index in [2.05, 4.69) is 42.5 Å². The van der Waals surface area contributed by atoms with Gasteiger partial charge in [-0.2, -0.15) is 0 Å². The van der Waals surface area contributed by atoms with E-state index >= 15 is 0 Å². The Balaban J connectivity index is 1.56. The predicted octanol–water partition coefficient (Wildman–Crippen LogP) is 5.84. The largest absolute Gasteiger partial charge is 0.497 e. The van der Waals surface area contributed by atoms with E-state index in [4.69, 9.17) is 9.47 Å². The molecule has 0 N–H and O–H groups in total. The number of carbonyl (C=O) groups excluding carboxylic acids is 1. The summed E-state index contributed by atoms with van der Waals surface area (Å²) in [6.45, 7) is 0.700. The number of hydrogen-bond donors (Lipinski definition) is 0. The highest BCUT2D eigenvalue weighted by molar-refractivity contribution is 5.82. The van der Waals surface area contributed by atoms with Gasteiger partial charge in [-0.3, -0.25) is 4.90 Å². The third-order valence-electron chi connectivity index (χ3n) is 6.08. The molecule has 4 nitrogen and oxygen atoms in total. The second-order valence-electron chi connectivity index (χ2n) is 7.73. The van der Waals surface area contributed by atoms with E-state index in [0.29, 0.717) is 12.3 Å². The van der Waals surface area contributed by atoms with Crippen LogP contribution in [0.1, 0.15) is 24.0 Å². The van der Waals surface area contributed by atoms with Crippen molar-refractivity contribution in [3.05, 3.63) is 96.1 Å². The first-order chi connectivity index (χ1) is 14.7. The lowest BCUT2D eigenvalue weighted by molar-refractivity contribution is 0.106. The molecule has 0 radical (unpaired) electrons. The second kappa shape index (κ2) is 7.38. The fraction of sp³-hybridized carbons (Fsp3) is 0.192. The Morgan fingerprint density at radius 3 is 2.23 bits per heavy atom. The van der Waals surface area contributed by atoms with Gasteiger partial charge in [0, 0.05) is 12.1 Å². The predicted molar refractivity (Wildman–Crippen MR) is 117 cm³/mol. The van der Waals surface area contributed by atoms with Gasteiger partial charge >= 0.3 is 6.09 Å². The van der Waals surface area contributed by atoms with Gasteiger partial charge in [-0.1, -0.05) is 54.6 Å². The number of cyclic esters (lactones) is 1. The fourth-order valence-corrected chi connectivity index (χ4v) is 4.50. The minimum atomic E-state index is -0.472. The zero-order valence-electron chi connectivity index (χ0n) is 16.9. The lowest BCUT2D eigenvalue weighted by Gasteiger charge is -2.40. The highest BCUT2D eigenvalue weighted by Gasteiger charge is 2.48. The van der Waals surface area contributed by atoms with Crippen LogP contribution in [0.4, 0.5) is 4.79 Å². The van der Waals surface area contributed by atoms with Gasteiger partial charge in [0.2, 0.25) is 0 Å². The number of methoxy groups -OCH3 is 1. The van der Waals surface area contributed by atoms with Gasteiger partial charge in [-0.05, 0) is 59.9 Å². The zero-order valence-corrected chi connectivity index (χ0v) is 16.9. The minimum Gasteiger partial charge on any atom is -0.497 e. The number of fused-ring (bicyclic) bond motifs is 1. The van der Waals surface area contributed by atoms with Gasteiger partial charge < -0.3 is 9.47 Å². The average molecular weight is 397 g/mol. The lowest BCUT2D eigenvalue weighted by Crippen LogP contribution is -2.46. The van der Waals surface area contributed by atoms with Gasteiger partial charge in [0.25, 0.3) is 0 Å². The molecule has 30 heavy (non-hydrogen) atoms. The highest BCUT2D eigenvalue weighted by Crippen LogP contribution is 2.46. The summed E-state index contributed by atoms with van der Waals surface area (Å²) in [4.78, 5) is 14.7. The van der Waals surface area contributed by atoms with E-state index in [1.165, 1.54) is 5.56 Å². The molecule has 0 aromatic heterocycles. The maximum Gasteiger partial charge on any atom is 0.416 e. The molecule has 0 saturated carbocycles. The van der Waals surface area contributed by atoms with Crippen molar-refractivity contribution in [2.75, 3.05) is 13.7 Å². The molecule has 1 fully saturated rings. The summed E-state index contributed by atoms with van der Waals surface area (Å²) >= 11 is 0. The summed E-state index contributed by atoms with van der Waals surface area (Å²) in [5, 5.41) is 0. The van der Waals surface area contributed by atoms with Crippen molar-refractivity contribution in [3.8, 4) is 16.9 Å². The summed E-state index contributed by atoms with van der Waals surface area (Å²) < 4.78 is 11.0. The van der Waals surface area contributed by atoms with E-state index in [1.54, 1.807) is 7.11 Å². The first-order valence-electron chi connectivity index (χ1n) is 10.2. The Kier molecular flexibility index (Phi) is 4.55. The molecule has 2 heterocycles. The smallest absolute Gasteiger partial charge is 0.416 e. The summed E-state index contributed by atoms with van der Waals surface area (Å²) in [7, 11) is 1.64. The van der Waals surface area contributed by atoms with Crippen LogP contribution in [-0.4, -0.2) is 24.6 Å². The Bertz CT molecular complexity index is 1090. The molecule has 3 aromatic carbocycles. The van der Waals surface area contributed by atoms with Crippen molar-refractivity contribution in [1.82, 2.24) is 4.90 Å². The Hall–Kier alpha value is -3.53. The number of hydrogen-bond acceptors (Lipinski definition) is 3. The molecule has 0 bridgehead atoms. The van der Waals surface area contributed by atoms with Crippen molar-refractivity contribution in [1.29, 1.82) is 0 Å². The van der Waals surface area contributed by atoms with E-state index < -0.39 is 5.54 Å². The van der Waals surface area contributed by atoms with E-state index in [-0.39, 0.29) is 6.09 Å². The summed E-state index contributed by atoms with van der Waals surface area (Å²) in [6.07, 6.45) is 3.66. The number of carbonyl (C=O) groups is 1. The SMILES string of the molecule is COc1ccc(C2=C[C@]3(c4ccc(-c5ccccc5)cc4)CCCN3C(=O)O2)cc1. The quantitative estimate of drug-likeness (QED) is 0.555. The number of amides is 1. The van der Waals surface area contributed by atoms with Gasteiger partial charge in [0.05, 0.1) is 12.6 Å². The maximum atomic E-state index is 12.9. The zero-order chi connectivity index (χ0) is 20.6. The molecule has 1 saturated heterocycles. The normalized spacial score (nSPS) is 20.4. The molecular weight excluding hydrogens is 374 g/mol. The number of rotatable bonds is 4. The molecule has 1 atom stereocenters. The van der Waals surface area contributed by atoms with Gasteiger partial charge in [0.1, 0.15) is 11.5 Å². The standard InChI is InChI=1S/C26H23NO3/c1-29-23-14-10-21(11-15-23)24-18-26(16-5-17-27(26)25(28)30-24)22-12-8-20(9-13-22)19-6-3-2-4-7-19/h2-4,6-15,18H,5,16-17H2,1H3/t26-/m0/s1. The average Bonchev–Trinajstić information content (AvgIpc) is 3.26. The Morgan fingerprint density at radius 1 is 0.867 bits per heavy atom. The van der Waals surface area contributed by atoms with E-state index in [1.807, 2.05) is 47.4 Å². The fourth-order valence-electron chi connectivity index (χ4n) is 4.50. The maximum absolute atomic E-state index is 12.9. The first-order valence-corrected chi connectivity index (χ1v) is 10.2. The van der Waals surface area contributed by atoms with Crippen LogP contribution in [0.3, 0.4) is 0 Å². The highest BCUT2D eigenvalue weighted by atomic mass is 16.6. The number of benzene rings is 3. The molecule has 5 rings (SSSR count). The lowest BCUT2D eigenvalue weighted by atomic mass is 9.84. The molecule has 0 spiro atoms. The first kappa shape index (κ1) is 18.5. The van der Waals surface area contributed by atoms with Gasteiger partial charge in [0.15, 0.2) is 0 Å². The van der Waals surface area contributed by atoms with Crippen LogP contribution >= 0.6 is 0 Å². The van der Waals surface area contributed by atoms with E-state index in [0.717, 1.165) is 35.3 Å². The third-order valence-corrected chi connectivity index (χ3v) is 6.08. The van der Waals surface area contributed by atoms with Gasteiger partial charge in [-0.25, -0.2) is 4.79 Å². The summed E-state index contributed by atoms with van der Waals surface area (Å²) in [6, 6.07) is 26.5. The van der Waals surface area contributed by atoms with Crippen LogP contribution < -0.4 is 4.74 Å². The Morgan fingerprint density at radius 2 is 1.53 bits per heavy atom. The van der Waals surface area contributed by atoms with Crippen molar-refractivity contribution < 1.29 is 14.3 Å². The van der Waals surface area contributed by atoms with Crippen LogP contribution in [-0.2, 0) is 10.3 Å². The molecule has 1 amide bonds. The molecular formula is C26H23NO3. The van der Waals surface area contributed by atoms with Crippen LogP contribution in [0.25, 0.3) is 16.9 Å². The molecule has 0 unspecified atom stereocenters. The minimum absolute atomic E-state index is 0.284. The van der Waals surface area contributed by atoms with Crippen molar-refractivity contribution in [3.63, 3.8) is 0 Å². The summed E-state index contributed by atoms with van der Waals surface area (Å²) in [5.74, 6) is 1.38. The molecule has 2 aliphatic rings. The van der Waals surface area contributed by atoms with E-state index in [9.17, 15) is 4.79 Å². The molecule has 0 aliphatic carbocycles. The van der Waals surface area contributed by atoms with Crippen molar-refractivity contribution >= 4 is 11.9 Å². The van der Waals surface area contributed by atoms with Crippen LogP contribution in [0.5, 0.6) is 5.75 Å². The number of nitrogens with zero attached hydrogens (tertiary/aromatic N) is 1. The third kappa shape index (κ3) is 3.05. The molecule has 2 aliphatic heterocycles. The van der Waals surface area contributed by atoms with Crippen LogP contribution in [0, 0.1) is 0 Å². The van der Waals surface area contributed by atoms with Crippen LogP contribution in [0.2, 0.25) is 0 Å². The molecule has 3 aromatic rings. The van der Waals surface area contributed by atoms with Gasteiger partial charge in [-0.15, -0.1) is 0 Å². The molecule has 150 valence electrons. The molecule has 4 heteroatoms. The Labute approximate surface area is 176 Å². The van der Waals surface area contributed by atoms with Crippen molar-refractivity contribution in [2.45, 2.75) is 18.4 Å². The number of ether oxygens (including phenoxy) is 2. The topological polar surface area (TPSA) is 38.8 Å². The monoisotopic (exact) mass is 397 g/mol. The van der Waals surface area contributed by atoms with Crippen molar-refractivity contribution in [2.24, 2.45) is 0 Å². The van der Waals surface area contributed by atoms with Crippen LogP contribution in [0.15, 0.2) is 84.9 Å².